The predicted molar refractivity (Wildman–Crippen MR) is 97.2 cm³/mol. The summed E-state index contributed by atoms with van der Waals surface area (Å²) in [5, 5.41) is 9.90. The quantitative estimate of drug-likeness (QED) is 0.405. The molecule has 3 N–H and O–H groups in total. The van der Waals surface area contributed by atoms with E-state index in [9.17, 15) is 13.2 Å². The van der Waals surface area contributed by atoms with Crippen LogP contribution >= 0.6 is 11.8 Å². The van der Waals surface area contributed by atoms with Crippen LogP contribution in [-0.4, -0.2) is 48.6 Å². The van der Waals surface area contributed by atoms with Crippen LogP contribution in [-0.2, 0) is 6.18 Å². The molecule has 1 fully saturated rings. The van der Waals surface area contributed by atoms with Gasteiger partial charge < -0.3 is 16.0 Å². The highest BCUT2D eigenvalue weighted by molar-refractivity contribution is 7.99. The third-order valence-corrected chi connectivity index (χ3v) is 5.20. The maximum Gasteiger partial charge on any atom is 0.419 e. The minimum atomic E-state index is -4.42. The molecule has 0 saturated heterocycles. The van der Waals surface area contributed by atoms with Crippen molar-refractivity contribution in [1.29, 1.82) is 0 Å². The number of nitrogens with zero attached hydrogens (tertiary/aromatic N) is 2. The molecular formula is C16H24F3N5S. The number of hydrogen-bond acceptors (Lipinski definition) is 4. The van der Waals surface area contributed by atoms with E-state index in [-0.39, 0.29) is 5.82 Å². The molecule has 1 aromatic heterocycles. The van der Waals surface area contributed by atoms with Gasteiger partial charge in [0.05, 0.1) is 5.56 Å². The molecule has 1 saturated carbocycles. The van der Waals surface area contributed by atoms with E-state index in [0.29, 0.717) is 30.3 Å². The molecule has 0 amide bonds. The molecule has 2 atom stereocenters. The Morgan fingerprint density at radius 2 is 2.16 bits per heavy atom. The van der Waals surface area contributed by atoms with Gasteiger partial charge in [-0.25, -0.2) is 4.98 Å². The van der Waals surface area contributed by atoms with Gasteiger partial charge in [-0.3, -0.25) is 4.99 Å². The second-order valence-electron chi connectivity index (χ2n) is 5.84. The summed E-state index contributed by atoms with van der Waals surface area (Å²) in [6.45, 7) is 0.741. The first-order valence-corrected chi connectivity index (χ1v) is 9.49. The van der Waals surface area contributed by atoms with Gasteiger partial charge in [0.2, 0.25) is 0 Å². The van der Waals surface area contributed by atoms with Gasteiger partial charge in [-0.05, 0) is 37.7 Å². The maximum atomic E-state index is 12.9. The van der Waals surface area contributed by atoms with Crippen molar-refractivity contribution >= 4 is 23.5 Å². The largest absolute Gasteiger partial charge is 0.419 e. The van der Waals surface area contributed by atoms with Crippen molar-refractivity contribution in [1.82, 2.24) is 15.6 Å². The van der Waals surface area contributed by atoms with Crippen molar-refractivity contribution < 1.29 is 13.2 Å². The molecule has 1 aliphatic carbocycles. The second kappa shape index (κ2) is 9.17. The number of thioether (sulfide) groups is 1. The van der Waals surface area contributed by atoms with Gasteiger partial charge in [-0.1, -0.05) is 0 Å². The summed E-state index contributed by atoms with van der Waals surface area (Å²) in [5.74, 6) is 0.518. The number of nitrogens with one attached hydrogen (secondary N) is 3. The summed E-state index contributed by atoms with van der Waals surface area (Å²) < 4.78 is 38.7. The molecule has 9 heteroatoms. The van der Waals surface area contributed by atoms with Crippen LogP contribution in [0.25, 0.3) is 0 Å². The Morgan fingerprint density at radius 1 is 1.36 bits per heavy atom. The van der Waals surface area contributed by atoms with Gasteiger partial charge in [-0.2, -0.15) is 24.9 Å². The number of rotatable bonds is 6. The highest BCUT2D eigenvalue weighted by Crippen LogP contribution is 2.33. The molecule has 25 heavy (non-hydrogen) atoms. The zero-order valence-electron chi connectivity index (χ0n) is 14.4. The van der Waals surface area contributed by atoms with E-state index in [1.165, 1.54) is 18.7 Å². The molecule has 1 aliphatic rings. The van der Waals surface area contributed by atoms with E-state index in [2.05, 4.69) is 32.2 Å². The molecule has 0 aromatic carbocycles. The lowest BCUT2D eigenvalue weighted by molar-refractivity contribution is -0.137. The fourth-order valence-electron chi connectivity index (χ4n) is 2.81. The van der Waals surface area contributed by atoms with Crippen LogP contribution in [0.2, 0.25) is 0 Å². The smallest absolute Gasteiger partial charge is 0.368 e. The third-order valence-electron chi connectivity index (χ3n) is 4.11. The van der Waals surface area contributed by atoms with Gasteiger partial charge in [0, 0.05) is 37.6 Å². The van der Waals surface area contributed by atoms with E-state index in [1.807, 2.05) is 11.8 Å². The molecule has 140 valence electrons. The fraction of sp³-hybridized carbons (Fsp3) is 0.625. The Balaban J connectivity index is 1.77. The van der Waals surface area contributed by atoms with Crippen molar-refractivity contribution in [3.63, 3.8) is 0 Å². The van der Waals surface area contributed by atoms with Crippen LogP contribution in [0.3, 0.4) is 0 Å². The molecule has 0 aliphatic heterocycles. The van der Waals surface area contributed by atoms with Crippen LogP contribution in [0.5, 0.6) is 0 Å². The summed E-state index contributed by atoms with van der Waals surface area (Å²) >= 11 is 1.88. The first kappa shape index (κ1) is 19.7. The Labute approximate surface area is 150 Å². The number of aromatic nitrogens is 1. The van der Waals surface area contributed by atoms with Gasteiger partial charge in [0.25, 0.3) is 0 Å². The third kappa shape index (κ3) is 5.98. The average Bonchev–Trinajstić information content (AvgIpc) is 3.04. The molecule has 0 bridgehead atoms. The topological polar surface area (TPSA) is 61.3 Å². The summed E-state index contributed by atoms with van der Waals surface area (Å²) in [4.78, 5) is 7.94. The zero-order valence-corrected chi connectivity index (χ0v) is 15.2. The van der Waals surface area contributed by atoms with E-state index >= 15 is 0 Å². The number of hydrogen-bond donors (Lipinski definition) is 3. The van der Waals surface area contributed by atoms with Crippen molar-refractivity contribution in [2.24, 2.45) is 4.99 Å². The monoisotopic (exact) mass is 375 g/mol. The Morgan fingerprint density at radius 3 is 2.80 bits per heavy atom. The molecule has 0 spiro atoms. The number of guanidine groups is 1. The number of aliphatic imine (C=N–C) groups is 1. The van der Waals surface area contributed by atoms with Crippen molar-refractivity contribution in [2.45, 2.75) is 36.7 Å². The fourth-order valence-corrected chi connectivity index (χ4v) is 3.61. The Hall–Kier alpha value is -1.64. The number of halogens is 3. The minimum Gasteiger partial charge on any atom is -0.368 e. The lowest BCUT2D eigenvalue weighted by Gasteiger charge is -2.18. The van der Waals surface area contributed by atoms with Gasteiger partial charge >= 0.3 is 6.18 Å². The highest BCUT2D eigenvalue weighted by atomic mass is 32.2. The highest BCUT2D eigenvalue weighted by Gasteiger charge is 2.33. The van der Waals surface area contributed by atoms with Crippen LogP contribution in [0.15, 0.2) is 23.3 Å². The van der Waals surface area contributed by atoms with Crippen LogP contribution in [0.4, 0.5) is 19.0 Å². The predicted octanol–water partition coefficient (Wildman–Crippen LogP) is 2.96. The molecule has 2 unspecified atom stereocenters. The summed E-state index contributed by atoms with van der Waals surface area (Å²) in [6.07, 6.45) is 2.44. The van der Waals surface area contributed by atoms with Gasteiger partial charge in [-0.15, -0.1) is 0 Å². The summed E-state index contributed by atoms with van der Waals surface area (Å²) in [5.41, 5.74) is -0.758. The SMILES string of the molecule is CN=C(NCCNc1ncccc1C(F)(F)F)NC1CCC(SC)C1. The van der Waals surface area contributed by atoms with E-state index in [4.69, 9.17) is 0 Å². The van der Waals surface area contributed by atoms with E-state index in [0.717, 1.165) is 18.9 Å². The van der Waals surface area contributed by atoms with Crippen molar-refractivity contribution in [2.75, 3.05) is 31.7 Å². The Bertz CT molecular complexity index is 579. The second-order valence-corrected chi connectivity index (χ2v) is 6.97. The lowest BCUT2D eigenvalue weighted by Crippen LogP contribution is -2.44. The molecule has 2 rings (SSSR count). The normalized spacial score (nSPS) is 21.2. The number of alkyl halides is 3. The number of anilines is 1. The summed E-state index contributed by atoms with van der Waals surface area (Å²) in [7, 11) is 1.68. The molecular weight excluding hydrogens is 351 g/mol. The average molecular weight is 375 g/mol. The Kier molecular flexibility index (Phi) is 7.22. The molecule has 5 nitrogen and oxygen atoms in total. The molecule has 1 heterocycles. The minimum absolute atomic E-state index is 0.154. The maximum absolute atomic E-state index is 12.9. The lowest BCUT2D eigenvalue weighted by atomic mass is 10.2. The van der Waals surface area contributed by atoms with Crippen LogP contribution < -0.4 is 16.0 Å². The van der Waals surface area contributed by atoms with E-state index in [1.54, 1.807) is 7.05 Å². The van der Waals surface area contributed by atoms with Crippen LogP contribution in [0, 0.1) is 0 Å². The van der Waals surface area contributed by atoms with Gasteiger partial charge in [0.15, 0.2) is 5.96 Å². The number of pyridine rings is 1. The first-order chi connectivity index (χ1) is 11.9. The molecule has 1 aromatic rings. The molecule has 0 radical (unpaired) electrons. The van der Waals surface area contributed by atoms with Crippen LogP contribution in [0.1, 0.15) is 24.8 Å². The van der Waals surface area contributed by atoms with Crippen molar-refractivity contribution in [3.8, 4) is 0 Å². The van der Waals surface area contributed by atoms with Gasteiger partial charge in [0.1, 0.15) is 5.82 Å². The zero-order chi connectivity index (χ0) is 18.3. The van der Waals surface area contributed by atoms with Crippen molar-refractivity contribution in [3.05, 3.63) is 23.9 Å². The summed E-state index contributed by atoms with van der Waals surface area (Å²) in [6, 6.07) is 2.69. The van der Waals surface area contributed by atoms with E-state index < -0.39 is 11.7 Å². The first-order valence-electron chi connectivity index (χ1n) is 8.20. The standard InChI is InChI=1S/C16H24F3N5S/c1-20-15(24-11-5-6-12(10-11)25-2)23-9-8-22-14-13(16(17,18)19)4-3-7-21-14/h3-4,7,11-12H,5-6,8-10H2,1-2H3,(H,21,22)(H2,20,23,24).